The number of nitrogens with one attached hydrogen (secondary N) is 1. The fourth-order valence-corrected chi connectivity index (χ4v) is 4.63. The molecule has 3 aliphatic rings. The largest absolute Gasteiger partial charge is 0.340 e. The van der Waals surface area contributed by atoms with Crippen LogP contribution in [0.15, 0.2) is 24.4 Å². The van der Waals surface area contributed by atoms with Gasteiger partial charge in [0.2, 0.25) is 5.91 Å². The molecule has 6 heteroatoms. The molecule has 1 saturated heterocycles. The molecule has 3 amide bonds. The van der Waals surface area contributed by atoms with Gasteiger partial charge in [-0.25, -0.2) is 4.79 Å². The van der Waals surface area contributed by atoms with Gasteiger partial charge in [0, 0.05) is 43.7 Å². The van der Waals surface area contributed by atoms with E-state index in [1.807, 2.05) is 30.1 Å². The summed E-state index contributed by atoms with van der Waals surface area (Å²) >= 11 is 0. The zero-order valence-corrected chi connectivity index (χ0v) is 15.5. The summed E-state index contributed by atoms with van der Waals surface area (Å²) in [5, 5.41) is 3.17. The smallest absolute Gasteiger partial charge is 0.317 e. The number of pyridine rings is 1. The van der Waals surface area contributed by atoms with Gasteiger partial charge in [-0.2, -0.15) is 0 Å². The van der Waals surface area contributed by atoms with E-state index in [0.717, 1.165) is 44.5 Å². The van der Waals surface area contributed by atoms with Crippen LogP contribution in [0.3, 0.4) is 0 Å². The Morgan fingerprint density at radius 1 is 1.35 bits per heavy atom. The molecule has 2 saturated carbocycles. The molecule has 0 unspecified atom stereocenters. The molecule has 4 rings (SSSR count). The average Bonchev–Trinajstić information content (AvgIpc) is 2.98. The van der Waals surface area contributed by atoms with Gasteiger partial charge in [0.05, 0.1) is 12.2 Å². The van der Waals surface area contributed by atoms with Gasteiger partial charge >= 0.3 is 6.03 Å². The van der Waals surface area contributed by atoms with Crippen molar-refractivity contribution in [2.24, 2.45) is 11.3 Å². The molecule has 2 atom stereocenters. The van der Waals surface area contributed by atoms with Crippen LogP contribution in [0.5, 0.6) is 0 Å². The quantitative estimate of drug-likeness (QED) is 0.901. The lowest BCUT2D eigenvalue weighted by Crippen LogP contribution is -2.43. The molecule has 26 heavy (non-hydrogen) atoms. The van der Waals surface area contributed by atoms with E-state index in [9.17, 15) is 9.59 Å². The van der Waals surface area contributed by atoms with Crippen LogP contribution in [-0.4, -0.2) is 52.9 Å². The second-order valence-corrected chi connectivity index (χ2v) is 8.24. The molecule has 1 N–H and O–H groups in total. The minimum absolute atomic E-state index is 0.0163. The molecular formula is C20H28N4O2. The fourth-order valence-electron chi connectivity index (χ4n) is 4.63. The molecule has 3 fully saturated rings. The Bertz CT molecular complexity index is 674. The van der Waals surface area contributed by atoms with Crippen molar-refractivity contribution < 1.29 is 9.59 Å². The number of carbonyl (C=O) groups excluding carboxylic acids is 2. The zero-order valence-electron chi connectivity index (χ0n) is 15.5. The molecule has 0 bridgehead atoms. The number of hydrogen-bond donors (Lipinski definition) is 1. The normalized spacial score (nSPS) is 27.7. The van der Waals surface area contributed by atoms with Gasteiger partial charge in [0.1, 0.15) is 0 Å². The summed E-state index contributed by atoms with van der Waals surface area (Å²) in [4.78, 5) is 33.3. The van der Waals surface area contributed by atoms with Crippen LogP contribution in [-0.2, 0) is 11.3 Å². The average molecular weight is 356 g/mol. The van der Waals surface area contributed by atoms with Crippen LogP contribution in [0.25, 0.3) is 0 Å². The standard InChI is InChI=1S/C20H28N4O2/c1-23(13-16-8-4-5-10-21-16)18(25)17-12-20(17)9-11-24(14-20)19(26)22-15-6-2-3-7-15/h4-5,8,10,15,17H,2-3,6-7,9,11-14H2,1H3,(H,22,26)/t17-,20+/m0/s1. The lowest BCUT2D eigenvalue weighted by molar-refractivity contribution is -0.132. The van der Waals surface area contributed by atoms with Gasteiger partial charge in [-0.05, 0) is 37.8 Å². The first-order valence-corrected chi connectivity index (χ1v) is 9.78. The number of rotatable bonds is 4. The zero-order chi connectivity index (χ0) is 18.1. The predicted molar refractivity (Wildman–Crippen MR) is 98.2 cm³/mol. The molecular weight excluding hydrogens is 328 g/mol. The summed E-state index contributed by atoms with van der Waals surface area (Å²) in [7, 11) is 1.85. The second kappa shape index (κ2) is 6.89. The summed E-state index contributed by atoms with van der Waals surface area (Å²) in [6.07, 6.45) is 8.24. The molecule has 6 nitrogen and oxygen atoms in total. The van der Waals surface area contributed by atoms with Crippen LogP contribution < -0.4 is 5.32 Å². The second-order valence-electron chi connectivity index (χ2n) is 8.24. The van der Waals surface area contributed by atoms with Crippen molar-refractivity contribution >= 4 is 11.9 Å². The van der Waals surface area contributed by atoms with E-state index in [-0.39, 0.29) is 23.3 Å². The van der Waals surface area contributed by atoms with Crippen molar-refractivity contribution in [1.82, 2.24) is 20.1 Å². The minimum Gasteiger partial charge on any atom is -0.340 e. The SMILES string of the molecule is CN(Cc1ccccn1)C(=O)[C@@H]1C[C@@]12CCN(C(=O)NC1CCCC1)C2. The monoisotopic (exact) mass is 356 g/mol. The fraction of sp³-hybridized carbons (Fsp3) is 0.650. The van der Waals surface area contributed by atoms with Crippen LogP contribution in [0.1, 0.15) is 44.2 Å². The van der Waals surface area contributed by atoms with Crippen molar-refractivity contribution in [3.63, 3.8) is 0 Å². The number of hydrogen-bond acceptors (Lipinski definition) is 3. The predicted octanol–water partition coefficient (Wildman–Crippen LogP) is 2.40. The summed E-state index contributed by atoms with van der Waals surface area (Å²) in [6.45, 7) is 2.03. The first-order valence-electron chi connectivity index (χ1n) is 9.78. The number of carbonyl (C=O) groups is 2. The minimum atomic E-state index is 0.0163. The highest BCUT2D eigenvalue weighted by Crippen LogP contribution is 2.59. The number of urea groups is 1. The van der Waals surface area contributed by atoms with Gasteiger partial charge < -0.3 is 15.1 Å². The highest BCUT2D eigenvalue weighted by Gasteiger charge is 2.62. The maximum atomic E-state index is 12.8. The van der Waals surface area contributed by atoms with Crippen LogP contribution in [0, 0.1) is 11.3 Å². The molecule has 1 aromatic rings. The summed E-state index contributed by atoms with van der Waals surface area (Å²) in [6, 6.07) is 6.17. The van der Waals surface area contributed by atoms with E-state index in [2.05, 4.69) is 10.3 Å². The van der Waals surface area contributed by atoms with E-state index < -0.39 is 0 Å². The summed E-state index contributed by atoms with van der Waals surface area (Å²) in [5.74, 6) is 0.245. The maximum Gasteiger partial charge on any atom is 0.317 e. The molecule has 0 aromatic carbocycles. The third-order valence-electron chi connectivity index (χ3n) is 6.34. The number of aromatic nitrogens is 1. The number of amides is 3. The lowest BCUT2D eigenvalue weighted by atomic mass is 10.0. The van der Waals surface area contributed by atoms with E-state index in [1.54, 1.807) is 11.1 Å². The highest BCUT2D eigenvalue weighted by molar-refractivity contribution is 5.83. The number of likely N-dealkylation sites (tertiary alicyclic amines) is 1. The Hall–Kier alpha value is -2.11. The van der Waals surface area contributed by atoms with E-state index >= 15 is 0 Å². The van der Waals surface area contributed by atoms with Crippen molar-refractivity contribution in [3.8, 4) is 0 Å². The van der Waals surface area contributed by atoms with Crippen molar-refractivity contribution in [3.05, 3.63) is 30.1 Å². The topological polar surface area (TPSA) is 65.5 Å². The van der Waals surface area contributed by atoms with Crippen LogP contribution >= 0.6 is 0 Å². The molecule has 1 aliphatic heterocycles. The van der Waals surface area contributed by atoms with E-state index in [1.165, 1.54) is 12.8 Å². The Balaban J connectivity index is 1.29. The maximum absolute atomic E-state index is 12.8. The molecule has 1 aromatic heterocycles. The van der Waals surface area contributed by atoms with Gasteiger partial charge in [-0.1, -0.05) is 18.9 Å². The molecule has 140 valence electrons. The Morgan fingerprint density at radius 2 is 2.15 bits per heavy atom. The molecule has 1 spiro atoms. The van der Waals surface area contributed by atoms with Gasteiger partial charge in [-0.15, -0.1) is 0 Å². The van der Waals surface area contributed by atoms with Crippen molar-refractivity contribution in [2.45, 2.75) is 51.1 Å². The van der Waals surface area contributed by atoms with E-state index in [4.69, 9.17) is 0 Å². The summed E-state index contributed by atoms with van der Waals surface area (Å²) < 4.78 is 0. The molecule has 0 radical (unpaired) electrons. The first-order chi connectivity index (χ1) is 12.6. The summed E-state index contributed by atoms with van der Waals surface area (Å²) in [5.41, 5.74) is 0.921. The third-order valence-corrected chi connectivity index (χ3v) is 6.34. The van der Waals surface area contributed by atoms with Crippen LogP contribution in [0.4, 0.5) is 4.79 Å². The molecule has 2 heterocycles. The Kier molecular flexibility index (Phi) is 4.59. The number of nitrogens with zero attached hydrogens (tertiary/aromatic N) is 3. The van der Waals surface area contributed by atoms with Crippen molar-refractivity contribution in [2.75, 3.05) is 20.1 Å². The highest BCUT2D eigenvalue weighted by atomic mass is 16.2. The van der Waals surface area contributed by atoms with Gasteiger partial charge in [-0.3, -0.25) is 9.78 Å². The Labute approximate surface area is 155 Å². The Morgan fingerprint density at radius 3 is 2.88 bits per heavy atom. The third kappa shape index (κ3) is 3.41. The lowest BCUT2D eigenvalue weighted by Gasteiger charge is -2.21. The van der Waals surface area contributed by atoms with Crippen LogP contribution in [0.2, 0.25) is 0 Å². The van der Waals surface area contributed by atoms with E-state index in [0.29, 0.717) is 12.6 Å². The molecule has 2 aliphatic carbocycles. The first kappa shape index (κ1) is 17.3. The van der Waals surface area contributed by atoms with Crippen molar-refractivity contribution in [1.29, 1.82) is 0 Å². The van der Waals surface area contributed by atoms with Gasteiger partial charge in [0.15, 0.2) is 0 Å². The van der Waals surface area contributed by atoms with Gasteiger partial charge in [0.25, 0.3) is 0 Å².